The second kappa shape index (κ2) is 8.01. The Morgan fingerprint density at radius 3 is 2.41 bits per heavy atom. The number of amides is 2. The lowest BCUT2D eigenvalue weighted by molar-refractivity contribution is 0.0845. The molecule has 2 N–H and O–H groups in total. The fourth-order valence-electron chi connectivity index (χ4n) is 2.54. The lowest BCUT2D eigenvalue weighted by Crippen LogP contribution is -2.42. The van der Waals surface area contributed by atoms with Crippen LogP contribution in [0.25, 0.3) is 10.8 Å². The molecule has 0 saturated heterocycles. The third-order valence-electron chi connectivity index (χ3n) is 3.71. The molecular formula is C18H17BrN4O3S. The summed E-state index contributed by atoms with van der Waals surface area (Å²) in [5.41, 5.74) is 4.58. The van der Waals surface area contributed by atoms with Gasteiger partial charge in [0.25, 0.3) is 17.4 Å². The van der Waals surface area contributed by atoms with Gasteiger partial charge in [-0.2, -0.15) is 5.10 Å². The minimum Gasteiger partial charge on any atom is -0.267 e. The minimum absolute atomic E-state index is 0.0820. The summed E-state index contributed by atoms with van der Waals surface area (Å²) < 4.78 is 2.10. The summed E-state index contributed by atoms with van der Waals surface area (Å²) in [6, 6.07) is 10.2. The normalized spacial score (nSPS) is 11.0. The summed E-state index contributed by atoms with van der Waals surface area (Å²) in [5.74, 6) is -0.837. The predicted molar refractivity (Wildman–Crippen MR) is 108 cm³/mol. The molecule has 0 fully saturated rings. The second-order valence-electron chi connectivity index (χ2n) is 6.29. The fourth-order valence-corrected chi connectivity index (χ4v) is 3.82. The highest BCUT2D eigenvalue weighted by Crippen LogP contribution is 2.21. The van der Waals surface area contributed by atoms with Crippen molar-refractivity contribution in [2.45, 2.75) is 20.4 Å². The summed E-state index contributed by atoms with van der Waals surface area (Å²) in [7, 11) is 0. The van der Waals surface area contributed by atoms with Gasteiger partial charge in [0, 0.05) is 11.9 Å². The summed E-state index contributed by atoms with van der Waals surface area (Å²) in [6.45, 7) is 4.31. The average molecular weight is 449 g/mol. The third kappa shape index (κ3) is 4.25. The lowest BCUT2D eigenvalue weighted by atomic mass is 10.1. The van der Waals surface area contributed by atoms with Gasteiger partial charge in [-0.3, -0.25) is 25.2 Å². The maximum Gasteiger partial charge on any atom is 0.290 e. The molecule has 2 heterocycles. The van der Waals surface area contributed by atoms with E-state index in [-0.39, 0.29) is 17.2 Å². The molecule has 2 amide bonds. The maximum atomic E-state index is 12.6. The van der Waals surface area contributed by atoms with Crippen molar-refractivity contribution < 1.29 is 9.59 Å². The highest BCUT2D eigenvalue weighted by atomic mass is 79.9. The van der Waals surface area contributed by atoms with Gasteiger partial charge in [-0.25, -0.2) is 4.68 Å². The number of hydrogen-bond acceptors (Lipinski definition) is 5. The first kappa shape index (κ1) is 19.2. The third-order valence-corrected chi connectivity index (χ3v) is 5.33. The van der Waals surface area contributed by atoms with Crippen LogP contribution in [-0.4, -0.2) is 21.6 Å². The topological polar surface area (TPSA) is 93.1 Å². The van der Waals surface area contributed by atoms with Crippen LogP contribution in [0.5, 0.6) is 0 Å². The highest BCUT2D eigenvalue weighted by molar-refractivity contribution is 9.11. The van der Waals surface area contributed by atoms with E-state index in [0.29, 0.717) is 22.2 Å². The number of benzene rings is 1. The van der Waals surface area contributed by atoms with Gasteiger partial charge in [-0.15, -0.1) is 11.3 Å². The van der Waals surface area contributed by atoms with Crippen molar-refractivity contribution in [3.63, 3.8) is 0 Å². The molecular weight excluding hydrogens is 432 g/mol. The van der Waals surface area contributed by atoms with Crippen molar-refractivity contribution in [2.75, 3.05) is 0 Å². The number of hydrazine groups is 1. The van der Waals surface area contributed by atoms with E-state index in [1.54, 1.807) is 36.4 Å². The van der Waals surface area contributed by atoms with Crippen molar-refractivity contribution >= 4 is 49.9 Å². The van der Waals surface area contributed by atoms with E-state index < -0.39 is 11.8 Å². The Bertz CT molecular complexity index is 1070. The molecule has 0 unspecified atom stereocenters. The summed E-state index contributed by atoms with van der Waals surface area (Å²) >= 11 is 4.54. The van der Waals surface area contributed by atoms with Crippen LogP contribution in [-0.2, 0) is 6.54 Å². The summed E-state index contributed by atoms with van der Waals surface area (Å²) in [5, 5.41) is 5.08. The number of halogens is 1. The van der Waals surface area contributed by atoms with Crippen molar-refractivity contribution in [2.24, 2.45) is 5.92 Å². The Morgan fingerprint density at radius 1 is 1.11 bits per heavy atom. The molecule has 0 bridgehead atoms. The van der Waals surface area contributed by atoms with Crippen LogP contribution in [0, 0.1) is 5.92 Å². The quantitative estimate of drug-likeness (QED) is 0.599. The molecule has 0 saturated carbocycles. The number of fused-ring (bicyclic) bond motifs is 1. The zero-order valence-electron chi connectivity index (χ0n) is 14.7. The van der Waals surface area contributed by atoms with Crippen LogP contribution >= 0.6 is 27.3 Å². The maximum absolute atomic E-state index is 12.6. The van der Waals surface area contributed by atoms with Crippen LogP contribution in [0.1, 0.15) is 34.0 Å². The predicted octanol–water partition coefficient (Wildman–Crippen LogP) is 2.95. The van der Waals surface area contributed by atoms with Crippen LogP contribution in [0.4, 0.5) is 0 Å². The van der Waals surface area contributed by atoms with Gasteiger partial charge in [0.15, 0.2) is 5.69 Å². The molecule has 3 aromatic rings. The number of hydrogen-bond donors (Lipinski definition) is 2. The van der Waals surface area contributed by atoms with Crippen LogP contribution in [0.2, 0.25) is 0 Å². The number of nitrogens with one attached hydrogen (secondary N) is 2. The van der Waals surface area contributed by atoms with Crippen LogP contribution in [0.15, 0.2) is 45.0 Å². The molecule has 2 aromatic heterocycles. The number of thiophene rings is 1. The molecule has 0 atom stereocenters. The van der Waals surface area contributed by atoms with Gasteiger partial charge < -0.3 is 0 Å². The average Bonchev–Trinajstić information content (AvgIpc) is 3.08. The molecule has 0 aliphatic carbocycles. The molecule has 0 radical (unpaired) electrons. The van der Waals surface area contributed by atoms with E-state index in [1.165, 1.54) is 16.0 Å². The Morgan fingerprint density at radius 2 is 1.78 bits per heavy atom. The second-order valence-corrected chi connectivity index (χ2v) is 8.75. The van der Waals surface area contributed by atoms with Crippen molar-refractivity contribution in [3.05, 3.63) is 61.1 Å². The monoisotopic (exact) mass is 448 g/mol. The molecule has 0 aliphatic rings. The SMILES string of the molecule is CC(C)Cn1nc(C(=O)NNC(=O)c2ccc(Br)s2)c2ccccc2c1=O. The molecule has 7 nitrogen and oxygen atoms in total. The Labute approximate surface area is 167 Å². The van der Waals surface area contributed by atoms with Gasteiger partial charge in [-0.1, -0.05) is 32.0 Å². The smallest absolute Gasteiger partial charge is 0.267 e. The Balaban J connectivity index is 1.90. The first-order chi connectivity index (χ1) is 12.9. The summed E-state index contributed by atoms with van der Waals surface area (Å²) in [4.78, 5) is 37.8. The first-order valence-electron chi connectivity index (χ1n) is 8.22. The Hall–Kier alpha value is -2.52. The summed E-state index contributed by atoms with van der Waals surface area (Å²) in [6.07, 6.45) is 0. The van der Waals surface area contributed by atoms with Crippen LogP contribution in [0.3, 0.4) is 0 Å². The Kier molecular flexibility index (Phi) is 5.71. The van der Waals surface area contributed by atoms with Crippen LogP contribution < -0.4 is 16.4 Å². The molecule has 9 heteroatoms. The molecule has 27 heavy (non-hydrogen) atoms. The first-order valence-corrected chi connectivity index (χ1v) is 9.83. The lowest BCUT2D eigenvalue weighted by Gasteiger charge is -2.13. The van der Waals surface area contributed by atoms with Crippen molar-refractivity contribution in [1.29, 1.82) is 0 Å². The molecule has 1 aromatic carbocycles. The van der Waals surface area contributed by atoms with Gasteiger partial charge in [0.2, 0.25) is 0 Å². The largest absolute Gasteiger partial charge is 0.290 e. The van der Waals surface area contributed by atoms with E-state index >= 15 is 0 Å². The molecule has 0 spiro atoms. The number of aromatic nitrogens is 2. The number of carbonyl (C=O) groups excluding carboxylic acids is 2. The highest BCUT2D eigenvalue weighted by Gasteiger charge is 2.18. The minimum atomic E-state index is -0.590. The number of rotatable bonds is 4. The van der Waals surface area contributed by atoms with E-state index in [4.69, 9.17) is 0 Å². The van der Waals surface area contributed by atoms with Gasteiger partial charge in [0.1, 0.15) is 0 Å². The van der Waals surface area contributed by atoms with Gasteiger partial charge in [-0.05, 0) is 40.0 Å². The fraction of sp³-hybridized carbons (Fsp3) is 0.222. The van der Waals surface area contributed by atoms with Gasteiger partial charge >= 0.3 is 0 Å². The molecule has 3 rings (SSSR count). The standard InChI is InChI=1S/C18H17BrN4O3S/c1-10(2)9-23-18(26)12-6-4-3-5-11(12)15(22-23)17(25)21-20-16(24)13-7-8-14(19)27-13/h3-8,10H,9H2,1-2H3,(H,20,24)(H,21,25). The van der Waals surface area contributed by atoms with E-state index in [9.17, 15) is 14.4 Å². The van der Waals surface area contributed by atoms with E-state index in [2.05, 4.69) is 31.9 Å². The van der Waals surface area contributed by atoms with E-state index in [0.717, 1.165) is 3.79 Å². The van der Waals surface area contributed by atoms with E-state index in [1.807, 2.05) is 13.8 Å². The zero-order chi connectivity index (χ0) is 19.6. The van der Waals surface area contributed by atoms with Crippen molar-refractivity contribution in [3.8, 4) is 0 Å². The zero-order valence-corrected chi connectivity index (χ0v) is 17.1. The molecule has 140 valence electrons. The molecule has 0 aliphatic heterocycles. The van der Waals surface area contributed by atoms with Crippen molar-refractivity contribution in [1.82, 2.24) is 20.6 Å². The number of nitrogens with zero attached hydrogens (tertiary/aromatic N) is 2. The number of carbonyl (C=O) groups is 2. The van der Waals surface area contributed by atoms with Gasteiger partial charge in [0.05, 0.1) is 14.0 Å².